The molecule has 2 heteroatoms. The molecule has 0 aliphatic carbocycles. The minimum absolute atomic E-state index is 0.154. The average Bonchev–Trinajstić information content (AvgIpc) is 2.14. The summed E-state index contributed by atoms with van der Waals surface area (Å²) in [5.74, 6) is 0. The van der Waals surface area contributed by atoms with Crippen molar-refractivity contribution in [1.29, 1.82) is 0 Å². The Balaban J connectivity index is 2.60. The molecule has 1 atom stereocenters. The molecule has 0 radical (unpaired) electrons. The molecule has 0 saturated heterocycles. The van der Waals surface area contributed by atoms with E-state index < -0.39 is 0 Å². The van der Waals surface area contributed by atoms with Gasteiger partial charge in [-0.2, -0.15) is 0 Å². The molecule has 72 valence electrons. The van der Waals surface area contributed by atoms with Gasteiger partial charge in [0.2, 0.25) is 0 Å². The van der Waals surface area contributed by atoms with E-state index in [0.29, 0.717) is 0 Å². The van der Waals surface area contributed by atoms with Crippen molar-refractivity contribution in [3.05, 3.63) is 29.6 Å². The van der Waals surface area contributed by atoms with Gasteiger partial charge >= 0.3 is 0 Å². The summed E-state index contributed by atoms with van der Waals surface area (Å²) in [5, 5.41) is 0.154. The van der Waals surface area contributed by atoms with E-state index in [4.69, 9.17) is 11.6 Å². The predicted octanol–water partition coefficient (Wildman–Crippen LogP) is 3.86. The lowest BCUT2D eigenvalue weighted by Crippen LogP contribution is -1.92. The van der Waals surface area contributed by atoms with E-state index in [1.807, 2.05) is 19.2 Å². The van der Waals surface area contributed by atoms with Crippen LogP contribution in [-0.4, -0.2) is 4.98 Å². The normalized spacial score (nSPS) is 12.8. The van der Waals surface area contributed by atoms with E-state index in [2.05, 4.69) is 18.0 Å². The number of rotatable bonds is 4. The van der Waals surface area contributed by atoms with Gasteiger partial charge in [0, 0.05) is 11.9 Å². The number of halogens is 1. The van der Waals surface area contributed by atoms with Gasteiger partial charge < -0.3 is 0 Å². The lowest BCUT2D eigenvalue weighted by atomic mass is 10.1. The van der Waals surface area contributed by atoms with Gasteiger partial charge in [0.15, 0.2) is 0 Å². The van der Waals surface area contributed by atoms with E-state index in [1.54, 1.807) is 0 Å². The number of aromatic nitrogens is 1. The Morgan fingerprint density at radius 2 is 2.31 bits per heavy atom. The van der Waals surface area contributed by atoms with Crippen molar-refractivity contribution in [3.8, 4) is 0 Å². The highest BCUT2D eigenvalue weighted by atomic mass is 35.5. The Bertz CT molecular complexity index is 260. The minimum atomic E-state index is 0.154. The van der Waals surface area contributed by atoms with Crippen LogP contribution < -0.4 is 0 Å². The Morgan fingerprint density at radius 1 is 1.54 bits per heavy atom. The highest BCUT2D eigenvalue weighted by Gasteiger charge is 2.06. The lowest BCUT2D eigenvalue weighted by Gasteiger charge is -2.08. The molecule has 1 heterocycles. The number of nitrogens with zero attached hydrogens (tertiary/aromatic N) is 1. The van der Waals surface area contributed by atoms with Crippen LogP contribution in [0.25, 0.3) is 0 Å². The summed E-state index contributed by atoms with van der Waals surface area (Å²) < 4.78 is 0. The first-order valence-corrected chi connectivity index (χ1v) is 5.24. The zero-order valence-electron chi connectivity index (χ0n) is 8.26. The molecule has 0 spiro atoms. The molecule has 0 fully saturated rings. The largest absolute Gasteiger partial charge is 0.262 e. The fourth-order valence-corrected chi connectivity index (χ4v) is 1.60. The molecule has 0 saturated carbocycles. The second-order valence-electron chi connectivity index (χ2n) is 3.34. The number of aryl methyl sites for hydroxylation is 1. The quantitative estimate of drug-likeness (QED) is 0.668. The van der Waals surface area contributed by atoms with E-state index >= 15 is 0 Å². The zero-order chi connectivity index (χ0) is 9.68. The van der Waals surface area contributed by atoms with Gasteiger partial charge in [-0.15, -0.1) is 11.6 Å². The number of pyridine rings is 1. The maximum absolute atomic E-state index is 6.23. The number of hydrogen-bond acceptors (Lipinski definition) is 1. The van der Waals surface area contributed by atoms with Crippen LogP contribution in [0, 0.1) is 6.92 Å². The average molecular weight is 198 g/mol. The van der Waals surface area contributed by atoms with Gasteiger partial charge in [-0.1, -0.05) is 19.8 Å². The Hall–Kier alpha value is -0.560. The molecule has 1 rings (SSSR count). The Labute approximate surface area is 85.1 Å². The summed E-state index contributed by atoms with van der Waals surface area (Å²) >= 11 is 6.23. The molecule has 1 aromatic heterocycles. The maximum Gasteiger partial charge on any atom is 0.0586 e. The summed E-state index contributed by atoms with van der Waals surface area (Å²) in [6.45, 7) is 4.17. The molecule has 0 aromatic carbocycles. The first-order chi connectivity index (χ1) is 6.24. The first kappa shape index (κ1) is 10.5. The van der Waals surface area contributed by atoms with Crippen LogP contribution in [0.3, 0.4) is 0 Å². The molecule has 13 heavy (non-hydrogen) atoms. The van der Waals surface area contributed by atoms with Crippen molar-refractivity contribution in [1.82, 2.24) is 4.98 Å². The van der Waals surface area contributed by atoms with Gasteiger partial charge in [0.25, 0.3) is 0 Å². The standard InChI is InChI=1S/C11H16ClN/c1-3-4-5-11(12)10-6-7-13-9(2)8-10/h6-8,11H,3-5H2,1-2H3. The lowest BCUT2D eigenvalue weighted by molar-refractivity contribution is 0.700. The maximum atomic E-state index is 6.23. The van der Waals surface area contributed by atoms with Crippen LogP contribution in [0.2, 0.25) is 0 Å². The summed E-state index contributed by atoms with van der Waals surface area (Å²) in [7, 11) is 0. The molecule has 1 aromatic rings. The molecule has 1 nitrogen and oxygen atoms in total. The van der Waals surface area contributed by atoms with Crippen molar-refractivity contribution < 1.29 is 0 Å². The van der Waals surface area contributed by atoms with Crippen LogP contribution in [0.1, 0.15) is 42.8 Å². The van der Waals surface area contributed by atoms with E-state index in [1.165, 1.54) is 18.4 Å². The molecule has 0 aliphatic heterocycles. The smallest absolute Gasteiger partial charge is 0.0586 e. The molecule has 1 unspecified atom stereocenters. The van der Waals surface area contributed by atoms with Gasteiger partial charge in [-0.25, -0.2) is 0 Å². The second-order valence-corrected chi connectivity index (χ2v) is 3.87. The van der Waals surface area contributed by atoms with Gasteiger partial charge in [0.1, 0.15) is 0 Å². The third-order valence-electron chi connectivity index (χ3n) is 2.09. The van der Waals surface area contributed by atoms with Crippen LogP contribution >= 0.6 is 11.6 Å². The summed E-state index contributed by atoms with van der Waals surface area (Å²) in [6.07, 6.45) is 5.27. The van der Waals surface area contributed by atoms with Crippen molar-refractivity contribution in [2.75, 3.05) is 0 Å². The van der Waals surface area contributed by atoms with E-state index in [0.717, 1.165) is 12.1 Å². The number of hydrogen-bond donors (Lipinski definition) is 0. The van der Waals surface area contributed by atoms with Crippen LogP contribution in [0.15, 0.2) is 18.3 Å². The molecule has 0 aliphatic rings. The molecule has 0 amide bonds. The van der Waals surface area contributed by atoms with Crippen LogP contribution in [0.5, 0.6) is 0 Å². The van der Waals surface area contributed by atoms with Gasteiger partial charge in [-0.3, -0.25) is 4.98 Å². The Morgan fingerprint density at radius 3 is 2.92 bits per heavy atom. The monoisotopic (exact) mass is 197 g/mol. The highest BCUT2D eigenvalue weighted by molar-refractivity contribution is 6.20. The van der Waals surface area contributed by atoms with Gasteiger partial charge in [0.05, 0.1) is 5.38 Å². The van der Waals surface area contributed by atoms with Crippen molar-refractivity contribution in [2.45, 2.75) is 38.5 Å². The van der Waals surface area contributed by atoms with Crippen LogP contribution in [-0.2, 0) is 0 Å². The van der Waals surface area contributed by atoms with Crippen molar-refractivity contribution in [2.24, 2.45) is 0 Å². The second kappa shape index (κ2) is 5.23. The van der Waals surface area contributed by atoms with Gasteiger partial charge in [-0.05, 0) is 31.0 Å². The summed E-state index contributed by atoms with van der Waals surface area (Å²) in [5.41, 5.74) is 2.24. The van der Waals surface area contributed by atoms with E-state index in [9.17, 15) is 0 Å². The fourth-order valence-electron chi connectivity index (χ4n) is 1.31. The minimum Gasteiger partial charge on any atom is -0.262 e. The summed E-state index contributed by atoms with van der Waals surface area (Å²) in [6, 6.07) is 4.06. The zero-order valence-corrected chi connectivity index (χ0v) is 9.01. The number of unbranched alkanes of at least 4 members (excludes halogenated alkanes) is 1. The predicted molar refractivity (Wildman–Crippen MR) is 57.1 cm³/mol. The van der Waals surface area contributed by atoms with E-state index in [-0.39, 0.29) is 5.38 Å². The van der Waals surface area contributed by atoms with Crippen molar-refractivity contribution >= 4 is 11.6 Å². The molecule has 0 N–H and O–H groups in total. The third-order valence-corrected chi connectivity index (χ3v) is 2.56. The topological polar surface area (TPSA) is 12.9 Å². The fraction of sp³-hybridized carbons (Fsp3) is 0.545. The van der Waals surface area contributed by atoms with Crippen molar-refractivity contribution in [3.63, 3.8) is 0 Å². The Kier molecular flexibility index (Phi) is 4.23. The molecular weight excluding hydrogens is 182 g/mol. The highest BCUT2D eigenvalue weighted by Crippen LogP contribution is 2.25. The van der Waals surface area contributed by atoms with Crippen LogP contribution in [0.4, 0.5) is 0 Å². The molecular formula is C11H16ClN. The number of alkyl halides is 1. The first-order valence-electron chi connectivity index (χ1n) is 4.80. The summed E-state index contributed by atoms with van der Waals surface area (Å²) in [4.78, 5) is 4.14. The third kappa shape index (κ3) is 3.35. The SMILES string of the molecule is CCCCC(Cl)c1ccnc(C)c1. The molecule has 0 bridgehead atoms.